The molecule has 0 heterocycles. The number of ether oxygens (including phenoxy) is 3. The first kappa shape index (κ1) is 38.5. The van der Waals surface area contributed by atoms with Gasteiger partial charge in [0.25, 0.3) is 0 Å². The van der Waals surface area contributed by atoms with Crippen molar-refractivity contribution in [3.63, 3.8) is 0 Å². The Bertz CT molecular complexity index is 632. The van der Waals surface area contributed by atoms with Gasteiger partial charge in [0.15, 0.2) is 0 Å². The van der Waals surface area contributed by atoms with Crippen LogP contribution in [0.1, 0.15) is 87.0 Å². The molecule has 1 amide bonds. The topological polar surface area (TPSA) is 117 Å². The van der Waals surface area contributed by atoms with Crippen molar-refractivity contribution >= 4 is 30.4 Å². The van der Waals surface area contributed by atoms with Crippen LogP contribution in [0.5, 0.6) is 0 Å². The van der Waals surface area contributed by atoms with Crippen molar-refractivity contribution in [1.29, 1.82) is 0 Å². The first-order valence-electron chi connectivity index (χ1n) is 12.5. The van der Waals surface area contributed by atoms with Crippen LogP contribution < -0.4 is 11.1 Å². The lowest BCUT2D eigenvalue weighted by molar-refractivity contribution is -0.147. The van der Waals surface area contributed by atoms with Crippen LogP contribution in [0.25, 0.3) is 0 Å². The minimum absolute atomic E-state index is 0. The van der Waals surface area contributed by atoms with Gasteiger partial charge < -0.3 is 25.3 Å². The molecule has 0 spiro atoms. The first-order chi connectivity index (χ1) is 16.2. The molecule has 0 aliphatic rings. The zero-order valence-corrected chi connectivity index (χ0v) is 24.3. The Labute approximate surface area is 225 Å². The van der Waals surface area contributed by atoms with Gasteiger partial charge in [-0.15, -0.1) is 25.6 Å². The minimum atomic E-state index is -0.677. The average Bonchev–Trinajstić information content (AvgIpc) is 2.71. The predicted octanol–water partition coefficient (Wildman–Crippen LogP) is 5.73. The van der Waals surface area contributed by atoms with E-state index in [9.17, 15) is 14.4 Å². The fraction of sp³-hybridized carbons (Fsp3) is 0.741. The van der Waals surface area contributed by atoms with E-state index in [1.54, 1.807) is 26.8 Å². The third-order valence-electron chi connectivity index (χ3n) is 4.30. The highest BCUT2D eigenvalue weighted by Crippen LogP contribution is 2.11. The van der Waals surface area contributed by atoms with Gasteiger partial charge in [0, 0.05) is 0 Å². The van der Waals surface area contributed by atoms with Crippen molar-refractivity contribution in [2.45, 2.75) is 105 Å². The van der Waals surface area contributed by atoms with Crippen molar-refractivity contribution in [2.75, 3.05) is 13.2 Å². The highest BCUT2D eigenvalue weighted by atomic mass is 35.5. The number of alkyl carbamates (subject to hydrolysis) is 1. The van der Waals surface area contributed by atoms with Gasteiger partial charge in [0.1, 0.15) is 17.7 Å². The van der Waals surface area contributed by atoms with Gasteiger partial charge >= 0.3 is 18.0 Å². The van der Waals surface area contributed by atoms with Crippen LogP contribution in [0.3, 0.4) is 0 Å². The molecule has 0 unspecified atom stereocenters. The summed E-state index contributed by atoms with van der Waals surface area (Å²) in [6, 6.07) is -1.15. The van der Waals surface area contributed by atoms with Gasteiger partial charge in [0.05, 0.1) is 13.2 Å². The summed E-state index contributed by atoms with van der Waals surface area (Å²) < 4.78 is 15.3. The van der Waals surface area contributed by atoms with Crippen LogP contribution in [-0.2, 0) is 23.8 Å². The molecule has 3 N–H and O–H groups in total. The largest absolute Gasteiger partial charge is 0.465 e. The number of carbonyl (C=O) groups excluding carboxylic acids is 3. The number of hydrogen-bond donors (Lipinski definition) is 2. The van der Waals surface area contributed by atoms with Crippen LogP contribution in [-0.4, -0.2) is 48.9 Å². The van der Waals surface area contributed by atoms with Crippen molar-refractivity contribution in [3.05, 3.63) is 25.3 Å². The lowest BCUT2D eigenvalue weighted by Crippen LogP contribution is -2.45. The number of esters is 2. The van der Waals surface area contributed by atoms with Crippen LogP contribution in [0, 0.1) is 11.8 Å². The fourth-order valence-electron chi connectivity index (χ4n) is 2.75. The normalized spacial score (nSPS) is 12.3. The molecule has 0 aliphatic carbocycles. The number of nitrogens with one attached hydrogen (secondary N) is 1. The number of carbonyl (C=O) groups is 3. The molecule has 212 valence electrons. The summed E-state index contributed by atoms with van der Waals surface area (Å²) in [6.07, 6.45) is 7.39. The lowest BCUT2D eigenvalue weighted by atomic mass is 10.0. The second-order valence-electron chi connectivity index (χ2n) is 10.3. The zero-order chi connectivity index (χ0) is 27.4. The third kappa shape index (κ3) is 25.0. The number of halogens is 1. The number of nitrogens with two attached hydrogens (primary N) is 1. The maximum atomic E-state index is 12.0. The Balaban J connectivity index is -0.000000635. The maximum Gasteiger partial charge on any atom is 0.408 e. The Hall–Kier alpha value is -2.06. The van der Waals surface area contributed by atoms with E-state index >= 15 is 0 Å². The summed E-state index contributed by atoms with van der Waals surface area (Å²) in [6.45, 7) is 21.3. The molecule has 0 aromatic heterocycles. The summed E-state index contributed by atoms with van der Waals surface area (Å²) in [5.41, 5.74) is 5.04. The van der Waals surface area contributed by atoms with Crippen molar-refractivity contribution in [3.8, 4) is 0 Å². The van der Waals surface area contributed by atoms with Crippen molar-refractivity contribution in [1.82, 2.24) is 5.32 Å². The summed E-state index contributed by atoms with van der Waals surface area (Å²) in [5, 5.41) is 2.59. The van der Waals surface area contributed by atoms with Gasteiger partial charge in [-0.25, -0.2) is 9.59 Å². The second kappa shape index (κ2) is 22.2. The highest BCUT2D eigenvalue weighted by molar-refractivity contribution is 5.85. The van der Waals surface area contributed by atoms with E-state index < -0.39 is 29.7 Å². The number of unbranched alkanes of at least 4 members (excludes halogenated alkanes) is 2. The van der Waals surface area contributed by atoms with Gasteiger partial charge in [-0.1, -0.05) is 39.8 Å². The highest BCUT2D eigenvalue weighted by Gasteiger charge is 2.26. The van der Waals surface area contributed by atoms with E-state index in [1.165, 1.54) is 0 Å². The molecule has 0 saturated heterocycles. The quantitative estimate of drug-likeness (QED) is 0.119. The standard InChI is InChI=1S/C16H29NO4.C11H21NO2.ClH/c1-7-8-9-10-20-14(18)13(11-12(2)3)17-15(19)21-16(4,5)6;1-4-5-6-7-14-11(13)10(12)8-9(2)3;/h7,12-13H,1,8-11H2,2-6H3,(H,17,19);4,9-10H,1,5-8,12H2,2-3H3;1H/t13-;10-;/m00./s1. The lowest BCUT2D eigenvalue weighted by Gasteiger charge is -2.23. The van der Waals surface area contributed by atoms with Crippen LogP contribution >= 0.6 is 12.4 Å². The smallest absolute Gasteiger partial charge is 0.408 e. The molecule has 0 fully saturated rings. The zero-order valence-electron chi connectivity index (χ0n) is 23.5. The first-order valence-corrected chi connectivity index (χ1v) is 12.5. The molecule has 0 rings (SSSR count). The molecule has 0 saturated carbocycles. The minimum Gasteiger partial charge on any atom is -0.465 e. The fourth-order valence-corrected chi connectivity index (χ4v) is 2.75. The molecular formula is C27H51ClN2O6. The van der Waals surface area contributed by atoms with Gasteiger partial charge in [-0.05, 0) is 71.1 Å². The number of amides is 1. The average molecular weight is 535 g/mol. The summed E-state index contributed by atoms with van der Waals surface area (Å²) in [7, 11) is 0. The molecule has 2 atom stereocenters. The monoisotopic (exact) mass is 534 g/mol. The summed E-state index contributed by atoms with van der Waals surface area (Å²) >= 11 is 0. The molecular weight excluding hydrogens is 484 g/mol. The second-order valence-corrected chi connectivity index (χ2v) is 10.3. The van der Waals surface area contributed by atoms with Crippen LogP contribution in [0.4, 0.5) is 4.79 Å². The molecule has 0 aromatic rings. The predicted molar refractivity (Wildman–Crippen MR) is 148 cm³/mol. The third-order valence-corrected chi connectivity index (χ3v) is 4.30. The maximum absolute atomic E-state index is 12.0. The molecule has 0 radical (unpaired) electrons. The summed E-state index contributed by atoms with van der Waals surface area (Å²) in [4.78, 5) is 35.1. The number of allylic oxidation sites excluding steroid dienone is 2. The van der Waals surface area contributed by atoms with Crippen LogP contribution in [0.15, 0.2) is 25.3 Å². The Morgan fingerprint density at radius 1 is 0.861 bits per heavy atom. The van der Waals surface area contributed by atoms with E-state index in [4.69, 9.17) is 19.9 Å². The molecule has 0 aromatic carbocycles. The van der Waals surface area contributed by atoms with Crippen molar-refractivity contribution < 1.29 is 28.6 Å². The Kier molecular flexibility index (Phi) is 23.7. The Morgan fingerprint density at radius 2 is 1.31 bits per heavy atom. The molecule has 0 bridgehead atoms. The van der Waals surface area contributed by atoms with E-state index in [-0.39, 0.29) is 24.3 Å². The van der Waals surface area contributed by atoms with Crippen LogP contribution in [0.2, 0.25) is 0 Å². The van der Waals surface area contributed by atoms with E-state index in [0.717, 1.165) is 25.7 Å². The summed E-state index contributed by atoms with van der Waals surface area (Å²) in [5.74, 6) is -0.0298. The van der Waals surface area contributed by atoms with Gasteiger partial charge in [0.2, 0.25) is 0 Å². The molecule has 9 heteroatoms. The number of hydrogen-bond acceptors (Lipinski definition) is 7. The molecule has 0 aliphatic heterocycles. The SMILES string of the molecule is C=CCCCOC(=O)[C@@H](N)CC(C)C.C=CCCCOC(=O)[C@H](CC(C)C)NC(=O)OC(C)(C)C.Cl. The van der Waals surface area contributed by atoms with E-state index in [2.05, 4.69) is 18.5 Å². The molecule has 36 heavy (non-hydrogen) atoms. The van der Waals surface area contributed by atoms with Gasteiger partial charge in [-0.2, -0.15) is 0 Å². The van der Waals surface area contributed by atoms with E-state index in [0.29, 0.717) is 32.0 Å². The van der Waals surface area contributed by atoms with Crippen molar-refractivity contribution in [2.24, 2.45) is 17.6 Å². The van der Waals surface area contributed by atoms with E-state index in [1.807, 2.05) is 33.8 Å². The molecule has 8 nitrogen and oxygen atoms in total. The van der Waals surface area contributed by atoms with Gasteiger partial charge in [-0.3, -0.25) is 4.79 Å². The number of rotatable bonds is 15. The Morgan fingerprint density at radius 3 is 1.69 bits per heavy atom.